The van der Waals surface area contributed by atoms with E-state index in [1.54, 1.807) is 12.1 Å². The predicted octanol–water partition coefficient (Wildman–Crippen LogP) is 3.55. The van der Waals surface area contributed by atoms with Crippen LogP contribution in [0.3, 0.4) is 0 Å². The zero-order valence-corrected chi connectivity index (χ0v) is 9.73. The predicted molar refractivity (Wildman–Crippen MR) is 66.3 cm³/mol. The first-order valence-corrected chi connectivity index (χ1v) is 5.37. The molecular formula is C14H11F2NO. The van der Waals surface area contributed by atoms with Crippen LogP contribution in [-0.2, 0) is 0 Å². The molecule has 0 unspecified atom stereocenters. The molecule has 0 fully saturated rings. The molecule has 0 N–H and O–H groups in total. The third-order valence-corrected chi connectivity index (χ3v) is 2.69. The fourth-order valence-corrected chi connectivity index (χ4v) is 1.83. The van der Waals surface area contributed by atoms with Gasteiger partial charge in [0, 0.05) is 12.6 Å². The summed E-state index contributed by atoms with van der Waals surface area (Å²) in [6.07, 6.45) is 0.551. The molecule has 0 saturated carbocycles. The van der Waals surface area contributed by atoms with Crippen molar-refractivity contribution >= 4 is 17.7 Å². The summed E-state index contributed by atoms with van der Waals surface area (Å²) in [4.78, 5) is 12.2. The third-order valence-electron chi connectivity index (χ3n) is 2.69. The van der Waals surface area contributed by atoms with Gasteiger partial charge in [0.05, 0.1) is 11.4 Å². The molecule has 0 amide bonds. The molecule has 0 radical (unpaired) electrons. The molecule has 0 aliphatic carbocycles. The number of hydrogen-bond donors (Lipinski definition) is 0. The Morgan fingerprint density at radius 1 is 1.00 bits per heavy atom. The normalized spacial score (nSPS) is 10.2. The van der Waals surface area contributed by atoms with Crippen LogP contribution in [0.5, 0.6) is 0 Å². The summed E-state index contributed by atoms with van der Waals surface area (Å²) in [5.74, 6) is -1.04. The molecular weight excluding hydrogens is 236 g/mol. The number of carbonyl (C=O) groups excluding carboxylic acids is 1. The Morgan fingerprint density at radius 3 is 2.33 bits per heavy atom. The second kappa shape index (κ2) is 4.96. The van der Waals surface area contributed by atoms with E-state index in [1.165, 1.54) is 42.3 Å². The Bertz CT molecular complexity index is 584. The number of aldehydes is 1. The van der Waals surface area contributed by atoms with Gasteiger partial charge in [-0.15, -0.1) is 0 Å². The number of carbonyl (C=O) groups is 1. The molecule has 0 aliphatic heterocycles. The van der Waals surface area contributed by atoms with Gasteiger partial charge in [-0.3, -0.25) is 4.79 Å². The zero-order chi connectivity index (χ0) is 13.1. The van der Waals surface area contributed by atoms with E-state index < -0.39 is 11.6 Å². The van der Waals surface area contributed by atoms with Crippen LogP contribution in [-0.4, -0.2) is 13.3 Å². The maximum absolute atomic E-state index is 13.8. The van der Waals surface area contributed by atoms with Crippen LogP contribution >= 0.6 is 0 Å². The summed E-state index contributed by atoms with van der Waals surface area (Å²) in [5, 5.41) is 0. The van der Waals surface area contributed by atoms with E-state index in [1.807, 2.05) is 0 Å². The van der Waals surface area contributed by atoms with E-state index >= 15 is 0 Å². The van der Waals surface area contributed by atoms with Crippen molar-refractivity contribution < 1.29 is 13.6 Å². The first-order chi connectivity index (χ1) is 8.65. The Kier molecular flexibility index (Phi) is 3.37. The molecule has 0 heterocycles. The van der Waals surface area contributed by atoms with E-state index in [2.05, 4.69) is 0 Å². The lowest BCUT2D eigenvalue weighted by molar-refractivity contribution is 0.112. The van der Waals surface area contributed by atoms with Crippen molar-refractivity contribution in [3.63, 3.8) is 0 Å². The summed E-state index contributed by atoms with van der Waals surface area (Å²) in [6, 6.07) is 10.2. The molecule has 2 nitrogen and oxygen atoms in total. The molecule has 0 spiro atoms. The van der Waals surface area contributed by atoms with E-state index in [0.717, 1.165) is 0 Å². The van der Waals surface area contributed by atoms with Crippen molar-refractivity contribution in [1.82, 2.24) is 0 Å². The van der Waals surface area contributed by atoms with Gasteiger partial charge in [0.15, 0.2) is 6.29 Å². The summed E-state index contributed by atoms with van der Waals surface area (Å²) in [6.45, 7) is 0. The molecule has 0 aromatic heterocycles. The van der Waals surface area contributed by atoms with Crippen molar-refractivity contribution in [2.24, 2.45) is 0 Å². The van der Waals surface area contributed by atoms with E-state index in [9.17, 15) is 13.6 Å². The van der Waals surface area contributed by atoms with Crippen molar-refractivity contribution in [2.45, 2.75) is 0 Å². The molecule has 0 atom stereocenters. The summed E-state index contributed by atoms with van der Waals surface area (Å²) in [7, 11) is 1.52. The molecule has 2 rings (SSSR count). The standard InChI is InChI=1S/C14H11F2NO/c1-17(13-8-3-2-6-11(13)15)14-10(9-18)5-4-7-12(14)16/h2-9H,1H3. The van der Waals surface area contributed by atoms with Crippen molar-refractivity contribution in [3.05, 3.63) is 59.7 Å². The maximum atomic E-state index is 13.8. The lowest BCUT2D eigenvalue weighted by atomic mass is 10.1. The van der Waals surface area contributed by atoms with Gasteiger partial charge >= 0.3 is 0 Å². The molecule has 18 heavy (non-hydrogen) atoms. The first-order valence-electron chi connectivity index (χ1n) is 5.37. The number of rotatable bonds is 3. The Hall–Kier alpha value is -2.23. The minimum absolute atomic E-state index is 0.0672. The Balaban J connectivity index is 2.56. The highest BCUT2D eigenvalue weighted by atomic mass is 19.1. The summed E-state index contributed by atoms with van der Waals surface area (Å²) < 4.78 is 27.4. The number of benzene rings is 2. The van der Waals surface area contributed by atoms with Crippen LogP contribution in [0.25, 0.3) is 0 Å². The summed E-state index contributed by atoms with van der Waals surface area (Å²) >= 11 is 0. The monoisotopic (exact) mass is 247 g/mol. The van der Waals surface area contributed by atoms with Gasteiger partial charge in [-0.25, -0.2) is 8.78 Å². The van der Waals surface area contributed by atoms with Gasteiger partial charge in [0.1, 0.15) is 11.6 Å². The highest BCUT2D eigenvalue weighted by molar-refractivity contribution is 5.86. The minimum atomic E-state index is -0.564. The maximum Gasteiger partial charge on any atom is 0.152 e. The molecule has 92 valence electrons. The van der Waals surface area contributed by atoms with E-state index in [-0.39, 0.29) is 16.9 Å². The van der Waals surface area contributed by atoms with Crippen LogP contribution in [0.1, 0.15) is 10.4 Å². The van der Waals surface area contributed by atoms with Gasteiger partial charge in [0.25, 0.3) is 0 Å². The molecule has 0 saturated heterocycles. The number of para-hydroxylation sites is 2. The van der Waals surface area contributed by atoms with Gasteiger partial charge in [-0.05, 0) is 24.3 Å². The van der Waals surface area contributed by atoms with Crippen molar-refractivity contribution in [1.29, 1.82) is 0 Å². The average molecular weight is 247 g/mol. The molecule has 0 bridgehead atoms. The van der Waals surface area contributed by atoms with Crippen molar-refractivity contribution in [3.8, 4) is 0 Å². The van der Waals surface area contributed by atoms with Crippen LogP contribution in [0.2, 0.25) is 0 Å². The number of hydrogen-bond acceptors (Lipinski definition) is 2. The Morgan fingerprint density at radius 2 is 1.67 bits per heavy atom. The van der Waals surface area contributed by atoms with Crippen LogP contribution in [0.15, 0.2) is 42.5 Å². The van der Waals surface area contributed by atoms with Gasteiger partial charge < -0.3 is 4.90 Å². The van der Waals surface area contributed by atoms with E-state index in [4.69, 9.17) is 0 Å². The highest BCUT2D eigenvalue weighted by Gasteiger charge is 2.16. The van der Waals surface area contributed by atoms with Gasteiger partial charge in [0.2, 0.25) is 0 Å². The van der Waals surface area contributed by atoms with Crippen LogP contribution < -0.4 is 4.90 Å². The van der Waals surface area contributed by atoms with Crippen molar-refractivity contribution in [2.75, 3.05) is 11.9 Å². The molecule has 0 aliphatic rings. The Labute approximate surface area is 103 Å². The topological polar surface area (TPSA) is 20.3 Å². The fraction of sp³-hybridized carbons (Fsp3) is 0.0714. The highest BCUT2D eigenvalue weighted by Crippen LogP contribution is 2.30. The lowest BCUT2D eigenvalue weighted by Crippen LogP contribution is -2.15. The minimum Gasteiger partial charge on any atom is -0.339 e. The van der Waals surface area contributed by atoms with Crippen LogP contribution in [0.4, 0.5) is 20.2 Å². The number of halogens is 2. The second-order valence-electron chi connectivity index (χ2n) is 3.81. The fourth-order valence-electron chi connectivity index (χ4n) is 1.83. The van der Waals surface area contributed by atoms with E-state index in [0.29, 0.717) is 6.29 Å². The zero-order valence-electron chi connectivity index (χ0n) is 9.73. The smallest absolute Gasteiger partial charge is 0.152 e. The largest absolute Gasteiger partial charge is 0.339 e. The molecule has 2 aromatic carbocycles. The average Bonchev–Trinajstić information content (AvgIpc) is 2.38. The van der Waals surface area contributed by atoms with Gasteiger partial charge in [-0.2, -0.15) is 0 Å². The number of nitrogens with zero attached hydrogens (tertiary/aromatic N) is 1. The quantitative estimate of drug-likeness (QED) is 0.773. The first kappa shape index (κ1) is 12.2. The number of anilines is 2. The molecule has 4 heteroatoms. The summed E-state index contributed by atoms with van der Waals surface area (Å²) in [5.41, 5.74) is 0.462. The third kappa shape index (κ3) is 2.09. The van der Waals surface area contributed by atoms with Crippen LogP contribution in [0, 0.1) is 11.6 Å². The van der Waals surface area contributed by atoms with Gasteiger partial charge in [-0.1, -0.05) is 18.2 Å². The second-order valence-corrected chi connectivity index (χ2v) is 3.81. The molecule has 2 aromatic rings. The SMILES string of the molecule is CN(c1ccccc1F)c1c(F)cccc1C=O. The lowest BCUT2D eigenvalue weighted by Gasteiger charge is -2.22.